The summed E-state index contributed by atoms with van der Waals surface area (Å²) in [6.07, 6.45) is 2.61. The number of nitrogens with one attached hydrogen (secondary N) is 1. The molecule has 2 heterocycles. The maximum atomic E-state index is 12.5. The van der Waals surface area contributed by atoms with Gasteiger partial charge in [-0.15, -0.1) is 0 Å². The Morgan fingerprint density at radius 3 is 2.88 bits per heavy atom. The van der Waals surface area contributed by atoms with Crippen LogP contribution in [0.15, 0.2) is 53.6 Å². The summed E-state index contributed by atoms with van der Waals surface area (Å²) in [6.45, 7) is 2.06. The average molecular weight is 357 g/mol. The minimum absolute atomic E-state index is 0.280. The van der Waals surface area contributed by atoms with Gasteiger partial charge in [0.1, 0.15) is 0 Å². The van der Waals surface area contributed by atoms with Crippen LogP contribution in [0.2, 0.25) is 0 Å². The Hall–Kier alpha value is -2.22. The molecular weight excluding hydrogens is 338 g/mol. The summed E-state index contributed by atoms with van der Waals surface area (Å²) in [5, 5.41) is 6.26. The molecule has 2 aromatic carbocycles. The van der Waals surface area contributed by atoms with E-state index in [1.165, 1.54) is 0 Å². The summed E-state index contributed by atoms with van der Waals surface area (Å²) in [6, 6.07) is 12.9. The number of nitrogens with zero attached hydrogens (tertiary/aromatic N) is 2. The van der Waals surface area contributed by atoms with Crippen LogP contribution in [-0.4, -0.2) is 31.3 Å². The number of rotatable bonds is 5. The topological polar surface area (TPSA) is 73.2 Å². The van der Waals surface area contributed by atoms with Crippen molar-refractivity contribution in [2.75, 3.05) is 13.2 Å². The van der Waals surface area contributed by atoms with Crippen molar-refractivity contribution >= 4 is 20.8 Å². The summed E-state index contributed by atoms with van der Waals surface area (Å²) in [4.78, 5) is 0.280. The van der Waals surface area contributed by atoms with Gasteiger partial charge in [-0.05, 0) is 22.9 Å². The Morgan fingerprint density at radius 2 is 2.00 bits per heavy atom. The molecule has 7 heteroatoms. The van der Waals surface area contributed by atoms with Crippen molar-refractivity contribution in [1.82, 2.24) is 14.5 Å². The van der Waals surface area contributed by atoms with Crippen LogP contribution in [0.25, 0.3) is 10.8 Å². The molecule has 3 aromatic rings. The molecule has 0 spiro atoms. The molecular formula is C18H19N3O3S. The van der Waals surface area contributed by atoms with Crippen LogP contribution in [0, 0.1) is 0 Å². The average Bonchev–Trinajstić information content (AvgIpc) is 3.04. The van der Waals surface area contributed by atoms with E-state index in [-0.39, 0.29) is 4.90 Å². The molecule has 1 aliphatic heterocycles. The molecule has 0 saturated heterocycles. The fourth-order valence-corrected chi connectivity index (χ4v) is 4.16. The van der Waals surface area contributed by atoms with Crippen molar-refractivity contribution in [2.45, 2.75) is 24.5 Å². The zero-order valence-corrected chi connectivity index (χ0v) is 14.5. The number of ether oxygens (including phenoxy) is 1. The Balaban J connectivity index is 1.46. The molecule has 1 aliphatic rings. The summed E-state index contributed by atoms with van der Waals surface area (Å²) in [5.41, 5.74) is 2.22. The van der Waals surface area contributed by atoms with Gasteiger partial charge >= 0.3 is 0 Å². The van der Waals surface area contributed by atoms with E-state index < -0.39 is 10.0 Å². The lowest BCUT2D eigenvalue weighted by Gasteiger charge is -2.15. The third kappa shape index (κ3) is 3.30. The fraction of sp³-hybridized carbons (Fsp3) is 0.278. The van der Waals surface area contributed by atoms with E-state index in [1.807, 2.05) is 35.0 Å². The molecule has 0 aliphatic carbocycles. The van der Waals surface area contributed by atoms with Gasteiger partial charge in [0.05, 0.1) is 30.9 Å². The van der Waals surface area contributed by atoms with Gasteiger partial charge in [0, 0.05) is 24.2 Å². The highest BCUT2D eigenvalue weighted by atomic mass is 32.2. The molecule has 25 heavy (non-hydrogen) atoms. The number of benzene rings is 2. The first-order chi connectivity index (χ1) is 12.1. The number of fused-ring (bicyclic) bond motifs is 2. The molecule has 0 radical (unpaired) electrons. The van der Waals surface area contributed by atoms with E-state index in [0.717, 1.165) is 28.5 Å². The first-order valence-corrected chi connectivity index (χ1v) is 9.71. The van der Waals surface area contributed by atoms with Crippen molar-refractivity contribution in [2.24, 2.45) is 0 Å². The molecule has 0 fully saturated rings. The lowest BCUT2D eigenvalue weighted by Crippen LogP contribution is -2.28. The highest BCUT2D eigenvalue weighted by molar-refractivity contribution is 7.89. The van der Waals surface area contributed by atoms with Gasteiger partial charge in [-0.2, -0.15) is 5.10 Å². The first-order valence-electron chi connectivity index (χ1n) is 8.23. The molecule has 1 N–H and O–H groups in total. The molecule has 0 bridgehead atoms. The highest BCUT2D eigenvalue weighted by Gasteiger charge is 2.17. The predicted octanol–water partition coefficient (Wildman–Crippen LogP) is 2.09. The van der Waals surface area contributed by atoms with Gasteiger partial charge in [0.15, 0.2) is 0 Å². The van der Waals surface area contributed by atoms with Crippen LogP contribution in [0.4, 0.5) is 0 Å². The number of sulfonamides is 1. The maximum absolute atomic E-state index is 12.5. The largest absolute Gasteiger partial charge is 0.376 e. The third-order valence-electron chi connectivity index (χ3n) is 4.42. The molecule has 130 valence electrons. The molecule has 1 aromatic heterocycles. The number of hydrogen-bond acceptors (Lipinski definition) is 4. The van der Waals surface area contributed by atoms with Gasteiger partial charge in [0.25, 0.3) is 0 Å². The lowest BCUT2D eigenvalue weighted by molar-refractivity contribution is 0.109. The highest BCUT2D eigenvalue weighted by Crippen LogP contribution is 2.19. The number of aromatic nitrogens is 2. The van der Waals surface area contributed by atoms with Gasteiger partial charge in [-0.3, -0.25) is 4.68 Å². The van der Waals surface area contributed by atoms with E-state index in [2.05, 4.69) is 9.82 Å². The van der Waals surface area contributed by atoms with Crippen LogP contribution >= 0.6 is 0 Å². The number of hydrogen-bond donors (Lipinski definition) is 1. The maximum Gasteiger partial charge on any atom is 0.240 e. The fourth-order valence-electron chi connectivity index (χ4n) is 3.11. The van der Waals surface area contributed by atoms with Crippen LogP contribution in [0.3, 0.4) is 0 Å². The molecule has 0 atom stereocenters. The first kappa shape index (κ1) is 16.3. The van der Waals surface area contributed by atoms with Crippen LogP contribution in [0.1, 0.15) is 11.3 Å². The van der Waals surface area contributed by atoms with Crippen molar-refractivity contribution < 1.29 is 13.2 Å². The van der Waals surface area contributed by atoms with Gasteiger partial charge in [0.2, 0.25) is 10.0 Å². The van der Waals surface area contributed by atoms with E-state index in [4.69, 9.17) is 4.74 Å². The second-order valence-corrected chi connectivity index (χ2v) is 7.82. The standard InChI is InChI=1S/C18H19N3O3S/c22-25(23,17-6-5-14-3-1-2-4-15(14)11-17)20-8-9-21-18-7-10-24-13-16(18)12-19-21/h1-6,11-12,20H,7-10,13H2. The normalized spacial score (nSPS) is 14.6. The second-order valence-electron chi connectivity index (χ2n) is 6.05. The molecule has 0 unspecified atom stereocenters. The minimum Gasteiger partial charge on any atom is -0.376 e. The Labute approximate surface area is 146 Å². The van der Waals surface area contributed by atoms with Crippen LogP contribution in [-0.2, 0) is 34.3 Å². The summed E-state index contributed by atoms with van der Waals surface area (Å²) >= 11 is 0. The monoisotopic (exact) mass is 357 g/mol. The van der Waals surface area contributed by atoms with Gasteiger partial charge < -0.3 is 4.74 Å². The third-order valence-corrected chi connectivity index (χ3v) is 5.88. The van der Waals surface area contributed by atoms with E-state index in [9.17, 15) is 8.42 Å². The smallest absolute Gasteiger partial charge is 0.240 e. The molecule has 0 amide bonds. The zero-order valence-electron chi connectivity index (χ0n) is 13.7. The Morgan fingerprint density at radius 1 is 1.16 bits per heavy atom. The molecule has 4 rings (SSSR count). The minimum atomic E-state index is -3.54. The van der Waals surface area contributed by atoms with Crippen molar-refractivity contribution in [3.63, 3.8) is 0 Å². The lowest BCUT2D eigenvalue weighted by atomic mass is 10.1. The van der Waals surface area contributed by atoms with E-state index in [0.29, 0.717) is 26.3 Å². The van der Waals surface area contributed by atoms with E-state index >= 15 is 0 Å². The van der Waals surface area contributed by atoms with Crippen LogP contribution < -0.4 is 4.72 Å². The van der Waals surface area contributed by atoms with Crippen molar-refractivity contribution in [1.29, 1.82) is 0 Å². The van der Waals surface area contributed by atoms with E-state index in [1.54, 1.807) is 18.3 Å². The van der Waals surface area contributed by atoms with Gasteiger partial charge in [-0.1, -0.05) is 30.3 Å². The molecule has 6 nitrogen and oxygen atoms in total. The summed E-state index contributed by atoms with van der Waals surface area (Å²) in [7, 11) is -3.54. The molecule has 0 saturated carbocycles. The zero-order chi connectivity index (χ0) is 17.3. The van der Waals surface area contributed by atoms with Crippen molar-refractivity contribution in [3.8, 4) is 0 Å². The van der Waals surface area contributed by atoms with Gasteiger partial charge in [-0.25, -0.2) is 13.1 Å². The summed E-state index contributed by atoms with van der Waals surface area (Å²) < 4.78 is 35.0. The Bertz CT molecular complexity index is 1010. The summed E-state index contributed by atoms with van der Waals surface area (Å²) in [5.74, 6) is 0. The predicted molar refractivity (Wildman–Crippen MR) is 94.7 cm³/mol. The van der Waals surface area contributed by atoms with Crippen molar-refractivity contribution in [3.05, 3.63) is 59.9 Å². The Kier molecular flexibility index (Phi) is 4.29. The SMILES string of the molecule is O=S(=O)(NCCn1ncc2c1CCOC2)c1ccc2ccccc2c1. The van der Waals surface area contributed by atoms with Crippen LogP contribution in [0.5, 0.6) is 0 Å². The second kappa shape index (κ2) is 6.59. The quantitative estimate of drug-likeness (QED) is 0.759.